The summed E-state index contributed by atoms with van der Waals surface area (Å²) in [6.45, 7) is 0. The fraction of sp³-hybridized carbons (Fsp3) is 0.0769. The first-order chi connectivity index (χ1) is 9.19. The summed E-state index contributed by atoms with van der Waals surface area (Å²) >= 11 is 0. The molecule has 0 aliphatic carbocycles. The van der Waals surface area contributed by atoms with Crippen LogP contribution in [-0.4, -0.2) is 8.42 Å². The van der Waals surface area contributed by atoms with Crippen LogP contribution < -0.4 is 0 Å². The monoisotopic (exact) mass is 320 g/mol. The van der Waals surface area contributed by atoms with E-state index in [1.54, 1.807) is 6.07 Å². The molecular weight excluding hydrogens is 313 g/mol. The molecule has 0 bridgehead atoms. The van der Waals surface area contributed by atoms with Crippen LogP contribution in [0.5, 0.6) is 0 Å². The number of benzene rings is 2. The summed E-state index contributed by atoms with van der Waals surface area (Å²) < 4.78 is 60.3. The predicted molar refractivity (Wildman–Crippen MR) is 69.9 cm³/mol. The van der Waals surface area contributed by atoms with Gasteiger partial charge in [-0.2, -0.15) is 13.2 Å². The Morgan fingerprint density at radius 1 is 0.900 bits per heavy atom. The second-order valence-corrected chi connectivity index (χ2v) is 6.54. The molecule has 0 N–H and O–H groups in total. The molecule has 20 heavy (non-hydrogen) atoms. The fourth-order valence-electron chi connectivity index (χ4n) is 1.76. The molecule has 0 amide bonds. The molecular formula is C13H8ClF3O2S. The Kier molecular flexibility index (Phi) is 3.80. The molecule has 2 nitrogen and oxygen atoms in total. The highest BCUT2D eigenvalue weighted by Crippen LogP contribution is 2.33. The van der Waals surface area contributed by atoms with Crippen molar-refractivity contribution in [3.05, 3.63) is 54.1 Å². The Morgan fingerprint density at radius 2 is 1.45 bits per heavy atom. The molecule has 0 spiro atoms. The number of halogens is 4. The van der Waals surface area contributed by atoms with E-state index in [4.69, 9.17) is 10.7 Å². The minimum absolute atomic E-state index is 0.138. The van der Waals surface area contributed by atoms with Gasteiger partial charge in [-0.1, -0.05) is 30.3 Å². The Balaban J connectivity index is 2.54. The SMILES string of the molecule is O=S(=O)(Cl)c1ccccc1-c1ccc(C(F)(F)F)cc1. The number of rotatable bonds is 2. The van der Waals surface area contributed by atoms with E-state index in [-0.39, 0.29) is 10.5 Å². The lowest BCUT2D eigenvalue weighted by atomic mass is 10.0. The highest BCUT2D eigenvalue weighted by atomic mass is 35.7. The van der Waals surface area contributed by atoms with Gasteiger partial charge >= 0.3 is 6.18 Å². The molecule has 0 saturated heterocycles. The van der Waals surface area contributed by atoms with E-state index in [0.29, 0.717) is 5.56 Å². The van der Waals surface area contributed by atoms with Crippen LogP contribution in [0.4, 0.5) is 13.2 Å². The van der Waals surface area contributed by atoms with Crippen LogP contribution in [0.2, 0.25) is 0 Å². The van der Waals surface area contributed by atoms with E-state index in [1.807, 2.05) is 0 Å². The molecule has 0 saturated carbocycles. The van der Waals surface area contributed by atoms with Crippen molar-refractivity contribution in [3.63, 3.8) is 0 Å². The van der Waals surface area contributed by atoms with E-state index >= 15 is 0 Å². The summed E-state index contributed by atoms with van der Waals surface area (Å²) in [5.74, 6) is 0. The van der Waals surface area contributed by atoms with E-state index in [2.05, 4.69) is 0 Å². The van der Waals surface area contributed by atoms with E-state index in [9.17, 15) is 21.6 Å². The van der Waals surface area contributed by atoms with Gasteiger partial charge in [0.1, 0.15) is 0 Å². The molecule has 0 aliphatic heterocycles. The average molecular weight is 321 g/mol. The highest BCUT2D eigenvalue weighted by molar-refractivity contribution is 8.13. The Morgan fingerprint density at radius 3 is 1.95 bits per heavy atom. The van der Waals surface area contributed by atoms with Gasteiger partial charge in [-0.15, -0.1) is 0 Å². The fourth-order valence-corrected chi connectivity index (χ4v) is 2.85. The minimum atomic E-state index is -4.43. The lowest BCUT2D eigenvalue weighted by molar-refractivity contribution is -0.137. The lowest BCUT2D eigenvalue weighted by Crippen LogP contribution is -2.04. The first-order valence-corrected chi connectivity index (χ1v) is 7.72. The van der Waals surface area contributed by atoms with Gasteiger partial charge in [-0.3, -0.25) is 0 Å². The molecule has 2 aromatic rings. The van der Waals surface area contributed by atoms with Crippen LogP contribution >= 0.6 is 10.7 Å². The summed E-state index contributed by atoms with van der Waals surface area (Å²) in [6.07, 6.45) is -4.43. The van der Waals surface area contributed by atoms with Crippen LogP contribution in [0.15, 0.2) is 53.4 Å². The zero-order valence-corrected chi connectivity index (χ0v) is 11.4. The molecule has 0 fully saturated rings. The van der Waals surface area contributed by atoms with Gasteiger partial charge in [-0.05, 0) is 23.8 Å². The molecule has 0 radical (unpaired) electrons. The molecule has 106 valence electrons. The Hall–Kier alpha value is -1.53. The second-order valence-electron chi connectivity index (χ2n) is 4.01. The van der Waals surface area contributed by atoms with Gasteiger partial charge in [-0.25, -0.2) is 8.42 Å². The summed E-state index contributed by atoms with van der Waals surface area (Å²) in [6, 6.07) is 10.1. The largest absolute Gasteiger partial charge is 0.416 e. The smallest absolute Gasteiger partial charge is 0.207 e. The number of alkyl halides is 3. The molecule has 7 heteroatoms. The van der Waals surface area contributed by atoms with E-state index in [1.165, 1.54) is 30.3 Å². The predicted octanol–water partition coefficient (Wildman–Crippen LogP) is 4.30. The van der Waals surface area contributed by atoms with Crippen molar-refractivity contribution < 1.29 is 21.6 Å². The van der Waals surface area contributed by atoms with Crippen LogP contribution in [0.25, 0.3) is 11.1 Å². The van der Waals surface area contributed by atoms with Gasteiger partial charge in [0.25, 0.3) is 9.05 Å². The molecule has 0 aromatic heterocycles. The maximum Gasteiger partial charge on any atom is 0.416 e. The third kappa shape index (κ3) is 3.13. The van der Waals surface area contributed by atoms with Gasteiger partial charge < -0.3 is 0 Å². The first kappa shape index (κ1) is 14.9. The molecule has 0 unspecified atom stereocenters. The molecule has 0 aliphatic rings. The Bertz CT molecular complexity index is 722. The summed E-state index contributed by atoms with van der Waals surface area (Å²) in [5.41, 5.74) is -0.193. The van der Waals surface area contributed by atoms with Crippen molar-refractivity contribution in [1.82, 2.24) is 0 Å². The molecule has 0 atom stereocenters. The van der Waals surface area contributed by atoms with Crippen molar-refractivity contribution in [2.45, 2.75) is 11.1 Å². The Labute approximate surface area is 118 Å². The van der Waals surface area contributed by atoms with E-state index in [0.717, 1.165) is 12.1 Å². The van der Waals surface area contributed by atoms with Crippen molar-refractivity contribution in [2.24, 2.45) is 0 Å². The van der Waals surface area contributed by atoms with E-state index < -0.39 is 20.8 Å². The standard InChI is InChI=1S/C13H8ClF3O2S/c14-20(18,19)12-4-2-1-3-11(12)9-5-7-10(8-6-9)13(15,16)17/h1-8H. The molecule has 2 aromatic carbocycles. The lowest BCUT2D eigenvalue weighted by Gasteiger charge is -2.09. The average Bonchev–Trinajstić information content (AvgIpc) is 2.37. The van der Waals surface area contributed by atoms with Crippen molar-refractivity contribution in [2.75, 3.05) is 0 Å². The van der Waals surface area contributed by atoms with Crippen LogP contribution in [0.3, 0.4) is 0 Å². The van der Waals surface area contributed by atoms with Crippen molar-refractivity contribution in [3.8, 4) is 11.1 Å². The maximum absolute atomic E-state index is 12.5. The summed E-state index contributed by atoms with van der Waals surface area (Å²) in [5, 5.41) is 0. The maximum atomic E-state index is 12.5. The third-order valence-corrected chi connectivity index (χ3v) is 4.05. The van der Waals surface area contributed by atoms with Crippen LogP contribution in [0, 0.1) is 0 Å². The van der Waals surface area contributed by atoms with Crippen LogP contribution in [-0.2, 0) is 15.2 Å². The molecule has 2 rings (SSSR count). The van der Waals surface area contributed by atoms with Gasteiger partial charge in [0.15, 0.2) is 0 Å². The van der Waals surface area contributed by atoms with Gasteiger partial charge in [0.2, 0.25) is 0 Å². The normalized spacial score (nSPS) is 12.4. The summed E-state index contributed by atoms with van der Waals surface area (Å²) in [7, 11) is 1.34. The quantitative estimate of drug-likeness (QED) is 0.773. The zero-order chi connectivity index (χ0) is 15.0. The number of hydrogen-bond donors (Lipinski definition) is 0. The van der Waals surface area contributed by atoms with Gasteiger partial charge in [0, 0.05) is 16.2 Å². The first-order valence-electron chi connectivity index (χ1n) is 5.41. The third-order valence-electron chi connectivity index (χ3n) is 2.67. The van der Waals surface area contributed by atoms with Gasteiger partial charge in [0.05, 0.1) is 10.5 Å². The number of hydrogen-bond acceptors (Lipinski definition) is 2. The topological polar surface area (TPSA) is 34.1 Å². The highest BCUT2D eigenvalue weighted by Gasteiger charge is 2.30. The second kappa shape index (κ2) is 5.10. The minimum Gasteiger partial charge on any atom is -0.207 e. The van der Waals surface area contributed by atoms with Crippen molar-refractivity contribution >= 4 is 19.7 Å². The molecule has 0 heterocycles. The van der Waals surface area contributed by atoms with Crippen molar-refractivity contribution in [1.29, 1.82) is 0 Å². The summed E-state index contributed by atoms with van der Waals surface area (Å²) in [4.78, 5) is -0.138. The van der Waals surface area contributed by atoms with Crippen LogP contribution in [0.1, 0.15) is 5.56 Å². The zero-order valence-electron chi connectivity index (χ0n) is 9.86.